The van der Waals surface area contributed by atoms with Gasteiger partial charge in [-0.05, 0) is 48.2 Å². The maximum Gasteiger partial charge on any atom is 0.119 e. The molecule has 0 aliphatic heterocycles. The van der Waals surface area contributed by atoms with Crippen molar-refractivity contribution in [2.24, 2.45) is 22.2 Å². The quantitative estimate of drug-likeness (QED) is 0.159. The highest BCUT2D eigenvalue weighted by Gasteiger charge is 2.27. The van der Waals surface area contributed by atoms with Crippen molar-refractivity contribution < 1.29 is 33.9 Å². The van der Waals surface area contributed by atoms with Crippen molar-refractivity contribution in [1.29, 1.82) is 0 Å². The first-order chi connectivity index (χ1) is 19.9. The first kappa shape index (κ1) is 36.0. The number of ether oxygens (including phenoxy) is 5. The molecule has 0 aliphatic carbocycles. The van der Waals surface area contributed by atoms with E-state index >= 15 is 0 Å². The Morgan fingerprint density at radius 1 is 0.571 bits per heavy atom. The van der Waals surface area contributed by atoms with Crippen molar-refractivity contribution in [3.8, 4) is 11.5 Å². The zero-order valence-electron chi connectivity index (χ0n) is 27.1. The normalized spacial score (nSPS) is 14.4. The first-order valence-corrected chi connectivity index (χ1v) is 15.3. The Balaban J connectivity index is 1.66. The first-order valence-electron chi connectivity index (χ1n) is 15.3. The van der Waals surface area contributed by atoms with Crippen LogP contribution in [0.4, 0.5) is 0 Å². The standard InChI is InChI=1S/C35H56O7/c1-8-28(21-41-31-14-10-29(18-36)11-15-31)20-38-22-33(3,4)23-39-24-34(5,6)25-40-26-35(7,9-2)27-42-32-16-12-30(19-37)13-17-32/h10-17,28,36-37H,8-9,18-27H2,1-7H3. The molecule has 0 spiro atoms. The molecule has 2 unspecified atom stereocenters. The van der Waals surface area contributed by atoms with Gasteiger partial charge < -0.3 is 33.9 Å². The zero-order chi connectivity index (χ0) is 31.1. The van der Waals surface area contributed by atoms with Crippen molar-refractivity contribution in [3.63, 3.8) is 0 Å². The van der Waals surface area contributed by atoms with E-state index in [9.17, 15) is 10.2 Å². The van der Waals surface area contributed by atoms with Crippen LogP contribution in [0, 0.1) is 22.2 Å². The topological polar surface area (TPSA) is 86.6 Å². The van der Waals surface area contributed by atoms with Crippen molar-refractivity contribution in [2.75, 3.05) is 52.9 Å². The summed E-state index contributed by atoms with van der Waals surface area (Å²) < 4.78 is 30.4. The smallest absolute Gasteiger partial charge is 0.119 e. The number of aliphatic hydroxyl groups excluding tert-OH is 2. The second-order valence-corrected chi connectivity index (χ2v) is 13.5. The van der Waals surface area contributed by atoms with Gasteiger partial charge in [0.25, 0.3) is 0 Å². The molecule has 7 heteroatoms. The van der Waals surface area contributed by atoms with Crippen LogP contribution in [0.15, 0.2) is 48.5 Å². The molecule has 0 saturated heterocycles. The number of aliphatic hydroxyl groups is 2. The van der Waals surface area contributed by atoms with Gasteiger partial charge in [0.15, 0.2) is 0 Å². The molecular weight excluding hydrogens is 532 g/mol. The van der Waals surface area contributed by atoms with Crippen LogP contribution in [0.3, 0.4) is 0 Å². The minimum absolute atomic E-state index is 0.0328. The summed E-state index contributed by atoms with van der Waals surface area (Å²) in [5.41, 5.74) is 1.42. The Kier molecular flexibility index (Phi) is 15.3. The molecule has 0 aliphatic rings. The highest BCUT2D eigenvalue weighted by atomic mass is 16.5. The van der Waals surface area contributed by atoms with Gasteiger partial charge in [0.05, 0.1) is 66.1 Å². The molecule has 2 aromatic carbocycles. The summed E-state index contributed by atoms with van der Waals surface area (Å²) in [5, 5.41) is 18.4. The molecule has 2 aromatic rings. The fourth-order valence-electron chi connectivity index (χ4n) is 4.15. The highest BCUT2D eigenvalue weighted by Crippen LogP contribution is 2.26. The molecule has 7 nitrogen and oxygen atoms in total. The van der Waals surface area contributed by atoms with Gasteiger partial charge in [0.1, 0.15) is 11.5 Å². The van der Waals surface area contributed by atoms with Crippen molar-refractivity contribution >= 4 is 0 Å². The number of hydrogen-bond donors (Lipinski definition) is 2. The third kappa shape index (κ3) is 13.9. The lowest BCUT2D eigenvalue weighted by Gasteiger charge is -2.32. The van der Waals surface area contributed by atoms with E-state index in [0.717, 1.165) is 35.5 Å². The Morgan fingerprint density at radius 3 is 1.48 bits per heavy atom. The van der Waals surface area contributed by atoms with Gasteiger partial charge in [0.2, 0.25) is 0 Å². The Bertz CT molecular complexity index is 987. The molecule has 0 heterocycles. The third-order valence-electron chi connectivity index (χ3n) is 7.49. The average Bonchev–Trinajstić information content (AvgIpc) is 2.98. The Morgan fingerprint density at radius 2 is 1.02 bits per heavy atom. The van der Waals surface area contributed by atoms with E-state index in [1.165, 1.54) is 0 Å². The SMILES string of the molecule is CCC(COCC(C)(C)COCC(C)(C)COCC(C)(CC)COc1ccc(CO)cc1)COc1ccc(CO)cc1. The third-order valence-corrected chi connectivity index (χ3v) is 7.49. The van der Waals surface area contributed by atoms with Crippen LogP contribution >= 0.6 is 0 Å². The van der Waals surface area contributed by atoms with Crippen LogP contribution in [-0.4, -0.2) is 63.1 Å². The predicted octanol–water partition coefficient (Wildman–Crippen LogP) is 6.67. The van der Waals surface area contributed by atoms with E-state index in [0.29, 0.717) is 58.8 Å². The number of benzene rings is 2. The largest absolute Gasteiger partial charge is 0.493 e. The van der Waals surface area contributed by atoms with Crippen LogP contribution in [0.2, 0.25) is 0 Å². The van der Waals surface area contributed by atoms with Crippen molar-refractivity contribution in [3.05, 3.63) is 59.7 Å². The highest BCUT2D eigenvalue weighted by molar-refractivity contribution is 5.27. The molecule has 42 heavy (non-hydrogen) atoms. The van der Waals surface area contributed by atoms with Gasteiger partial charge in [-0.25, -0.2) is 0 Å². The number of hydrogen-bond acceptors (Lipinski definition) is 7. The summed E-state index contributed by atoms with van der Waals surface area (Å²) in [6.45, 7) is 20.1. The monoisotopic (exact) mass is 588 g/mol. The van der Waals surface area contributed by atoms with Crippen LogP contribution in [0.1, 0.15) is 72.4 Å². The second-order valence-electron chi connectivity index (χ2n) is 13.5. The average molecular weight is 589 g/mol. The maximum absolute atomic E-state index is 9.22. The molecule has 238 valence electrons. The molecule has 0 aromatic heterocycles. The summed E-state index contributed by atoms with van der Waals surface area (Å²) in [4.78, 5) is 0. The molecular formula is C35H56O7. The molecule has 2 atom stereocenters. The summed E-state index contributed by atoms with van der Waals surface area (Å²) in [6.07, 6.45) is 1.91. The Hall–Kier alpha value is -2.16. The van der Waals surface area contributed by atoms with Gasteiger partial charge in [-0.1, -0.05) is 72.7 Å². The van der Waals surface area contributed by atoms with Crippen LogP contribution in [0.25, 0.3) is 0 Å². The van der Waals surface area contributed by atoms with Gasteiger partial charge in [-0.3, -0.25) is 0 Å². The fraction of sp³-hybridized carbons (Fsp3) is 0.657. The molecule has 0 amide bonds. The van der Waals surface area contributed by atoms with E-state index in [4.69, 9.17) is 23.7 Å². The maximum atomic E-state index is 9.22. The van der Waals surface area contributed by atoms with E-state index in [1.807, 2.05) is 48.5 Å². The minimum Gasteiger partial charge on any atom is -0.493 e. The van der Waals surface area contributed by atoms with E-state index < -0.39 is 0 Å². The van der Waals surface area contributed by atoms with Gasteiger partial charge >= 0.3 is 0 Å². The summed E-state index contributed by atoms with van der Waals surface area (Å²) in [6, 6.07) is 15.1. The van der Waals surface area contributed by atoms with Crippen LogP contribution < -0.4 is 9.47 Å². The van der Waals surface area contributed by atoms with E-state index in [2.05, 4.69) is 48.5 Å². The fourth-order valence-corrected chi connectivity index (χ4v) is 4.15. The van der Waals surface area contributed by atoms with Crippen LogP contribution in [-0.2, 0) is 27.4 Å². The van der Waals surface area contributed by atoms with E-state index in [-0.39, 0.29) is 29.5 Å². The second kappa shape index (κ2) is 17.8. The van der Waals surface area contributed by atoms with Gasteiger partial charge in [-0.15, -0.1) is 0 Å². The molecule has 0 saturated carbocycles. The van der Waals surface area contributed by atoms with Crippen molar-refractivity contribution in [2.45, 2.75) is 74.5 Å². The molecule has 0 bridgehead atoms. The summed E-state index contributed by atoms with van der Waals surface area (Å²) >= 11 is 0. The molecule has 0 radical (unpaired) electrons. The molecule has 0 fully saturated rings. The number of rotatable bonds is 22. The lowest BCUT2D eigenvalue weighted by Crippen LogP contribution is -2.34. The molecule has 2 rings (SSSR count). The van der Waals surface area contributed by atoms with Gasteiger partial charge in [-0.2, -0.15) is 0 Å². The summed E-state index contributed by atoms with van der Waals surface area (Å²) in [7, 11) is 0. The lowest BCUT2D eigenvalue weighted by molar-refractivity contribution is -0.0628. The molecule has 2 N–H and O–H groups in total. The minimum atomic E-state index is -0.118. The van der Waals surface area contributed by atoms with E-state index in [1.54, 1.807) is 0 Å². The summed E-state index contributed by atoms with van der Waals surface area (Å²) in [5.74, 6) is 1.92. The predicted molar refractivity (Wildman–Crippen MR) is 168 cm³/mol. The van der Waals surface area contributed by atoms with Crippen molar-refractivity contribution in [1.82, 2.24) is 0 Å². The lowest BCUT2D eigenvalue weighted by atomic mass is 9.89. The van der Waals surface area contributed by atoms with Crippen LogP contribution in [0.5, 0.6) is 11.5 Å². The Labute approximate surface area is 254 Å². The van der Waals surface area contributed by atoms with Gasteiger partial charge in [0, 0.05) is 22.2 Å². The zero-order valence-corrected chi connectivity index (χ0v) is 27.1.